The molecule has 1 aliphatic carbocycles. The molecule has 0 radical (unpaired) electrons. The van der Waals surface area contributed by atoms with Crippen molar-refractivity contribution in [1.82, 2.24) is 10.2 Å². The molecule has 2 fully saturated rings. The van der Waals surface area contributed by atoms with E-state index in [9.17, 15) is 4.79 Å². The van der Waals surface area contributed by atoms with Crippen molar-refractivity contribution in [1.29, 1.82) is 0 Å². The van der Waals surface area contributed by atoms with E-state index in [1.807, 2.05) is 0 Å². The van der Waals surface area contributed by atoms with E-state index in [0.29, 0.717) is 12.5 Å². The fourth-order valence-electron chi connectivity index (χ4n) is 3.07. The summed E-state index contributed by atoms with van der Waals surface area (Å²) in [7, 11) is 0. The van der Waals surface area contributed by atoms with E-state index >= 15 is 0 Å². The number of rotatable bonds is 5. The average molecular weight is 272 g/mol. The van der Waals surface area contributed by atoms with Gasteiger partial charge in [-0.15, -0.1) is 0 Å². The molecule has 3 rings (SSSR count). The third-order valence-electron chi connectivity index (χ3n) is 4.61. The molecule has 0 aromatic heterocycles. The first-order valence-electron chi connectivity index (χ1n) is 7.81. The number of hydrogen-bond donors (Lipinski definition) is 1. The van der Waals surface area contributed by atoms with Crippen LogP contribution in [0.4, 0.5) is 0 Å². The number of carbonyl (C=O) groups is 1. The maximum Gasteiger partial charge on any atom is 0.223 e. The van der Waals surface area contributed by atoms with Crippen LogP contribution in [0.2, 0.25) is 0 Å². The van der Waals surface area contributed by atoms with Crippen LogP contribution < -0.4 is 5.32 Å². The highest BCUT2D eigenvalue weighted by molar-refractivity contribution is 5.81. The molecule has 3 nitrogen and oxygen atoms in total. The van der Waals surface area contributed by atoms with Crippen molar-refractivity contribution in [3.8, 4) is 0 Å². The van der Waals surface area contributed by atoms with E-state index in [4.69, 9.17) is 0 Å². The van der Waals surface area contributed by atoms with Gasteiger partial charge in [0.2, 0.25) is 5.91 Å². The quantitative estimate of drug-likeness (QED) is 0.893. The predicted molar refractivity (Wildman–Crippen MR) is 80.1 cm³/mol. The first-order chi connectivity index (χ1) is 9.74. The van der Waals surface area contributed by atoms with Gasteiger partial charge in [0.15, 0.2) is 0 Å². The Bertz CT molecular complexity index is 480. The number of nitrogens with zero attached hydrogens (tertiary/aromatic N) is 1. The van der Waals surface area contributed by atoms with Crippen LogP contribution in [0.15, 0.2) is 24.3 Å². The zero-order chi connectivity index (χ0) is 13.9. The summed E-state index contributed by atoms with van der Waals surface area (Å²) in [5, 5.41) is 3.10. The summed E-state index contributed by atoms with van der Waals surface area (Å²) in [4.78, 5) is 14.4. The lowest BCUT2D eigenvalue weighted by Crippen LogP contribution is -2.26. The van der Waals surface area contributed by atoms with Crippen molar-refractivity contribution in [2.75, 3.05) is 13.1 Å². The van der Waals surface area contributed by atoms with Gasteiger partial charge in [-0.2, -0.15) is 0 Å². The summed E-state index contributed by atoms with van der Waals surface area (Å²) in [6.45, 7) is 6.25. The molecule has 20 heavy (non-hydrogen) atoms. The van der Waals surface area contributed by atoms with Crippen molar-refractivity contribution in [3.05, 3.63) is 35.4 Å². The predicted octanol–water partition coefficient (Wildman–Crippen LogP) is 2.55. The summed E-state index contributed by atoms with van der Waals surface area (Å²) in [6.07, 6.45) is 3.69. The Kier molecular flexibility index (Phi) is 4.06. The lowest BCUT2D eigenvalue weighted by molar-refractivity contribution is -0.122. The number of hydrogen-bond acceptors (Lipinski definition) is 2. The molecular weight excluding hydrogens is 248 g/mol. The third kappa shape index (κ3) is 3.21. The minimum absolute atomic E-state index is 0.230. The van der Waals surface area contributed by atoms with Gasteiger partial charge in [-0.05, 0) is 49.4 Å². The Labute approximate surface area is 121 Å². The maximum absolute atomic E-state index is 11.9. The van der Waals surface area contributed by atoms with Crippen molar-refractivity contribution in [2.24, 2.45) is 11.8 Å². The second-order valence-electron chi connectivity index (χ2n) is 6.29. The number of carbonyl (C=O) groups excluding carboxylic acids is 1. The van der Waals surface area contributed by atoms with Gasteiger partial charge in [-0.1, -0.05) is 31.2 Å². The maximum atomic E-state index is 11.9. The molecule has 1 saturated heterocycles. The monoisotopic (exact) mass is 272 g/mol. The smallest absolute Gasteiger partial charge is 0.223 e. The fraction of sp³-hybridized carbons (Fsp3) is 0.588. The zero-order valence-corrected chi connectivity index (χ0v) is 12.3. The third-order valence-corrected chi connectivity index (χ3v) is 4.61. The van der Waals surface area contributed by atoms with Gasteiger partial charge >= 0.3 is 0 Å². The lowest BCUT2D eigenvalue weighted by Gasteiger charge is -2.17. The molecule has 1 saturated carbocycles. The highest BCUT2D eigenvalue weighted by atomic mass is 16.2. The number of likely N-dealkylation sites (tertiary alicyclic amines) is 1. The summed E-state index contributed by atoms with van der Waals surface area (Å²) in [6, 6.07) is 8.50. The van der Waals surface area contributed by atoms with Gasteiger partial charge in [0.25, 0.3) is 0 Å². The van der Waals surface area contributed by atoms with Crippen LogP contribution in [0.5, 0.6) is 0 Å². The van der Waals surface area contributed by atoms with Gasteiger partial charge < -0.3 is 5.32 Å². The molecule has 1 aliphatic heterocycles. The highest BCUT2D eigenvalue weighted by Crippen LogP contribution is 2.37. The fourth-order valence-corrected chi connectivity index (χ4v) is 3.07. The summed E-state index contributed by atoms with van der Waals surface area (Å²) >= 11 is 0. The van der Waals surface area contributed by atoms with Crippen LogP contribution in [0.1, 0.15) is 37.3 Å². The van der Waals surface area contributed by atoms with Crippen LogP contribution in [0.25, 0.3) is 0 Å². The molecule has 1 aromatic rings. The largest absolute Gasteiger partial charge is 0.352 e. The molecule has 108 valence electrons. The van der Waals surface area contributed by atoms with Crippen molar-refractivity contribution < 1.29 is 4.79 Å². The molecule has 1 N–H and O–H groups in total. The first-order valence-corrected chi connectivity index (χ1v) is 7.81. The molecule has 3 heteroatoms. The van der Waals surface area contributed by atoms with Crippen LogP contribution >= 0.6 is 0 Å². The zero-order valence-electron chi connectivity index (χ0n) is 12.3. The van der Waals surface area contributed by atoms with E-state index < -0.39 is 0 Å². The highest BCUT2D eigenvalue weighted by Gasteiger charge is 2.38. The molecule has 2 atom stereocenters. The molecular formula is C17H24N2O. The second-order valence-corrected chi connectivity index (χ2v) is 6.29. The van der Waals surface area contributed by atoms with E-state index in [-0.39, 0.29) is 11.8 Å². The van der Waals surface area contributed by atoms with Crippen molar-refractivity contribution >= 4 is 5.91 Å². The molecule has 1 aromatic carbocycles. The molecule has 1 amide bonds. The van der Waals surface area contributed by atoms with Crippen LogP contribution in [0.3, 0.4) is 0 Å². The van der Waals surface area contributed by atoms with Crippen LogP contribution in [-0.2, 0) is 17.9 Å². The second kappa shape index (κ2) is 5.96. The van der Waals surface area contributed by atoms with Crippen LogP contribution in [0, 0.1) is 11.8 Å². The average Bonchev–Trinajstić information content (AvgIpc) is 2.97. The summed E-state index contributed by atoms with van der Waals surface area (Å²) in [5.41, 5.74) is 2.62. The molecule has 0 spiro atoms. The standard InChI is InChI=1S/C17H24N2O/c1-13-10-16(13)17(20)18-11-14-6-2-3-7-15(14)12-19-8-4-5-9-19/h2-3,6-7,13,16H,4-5,8-12H2,1H3,(H,18,20)/t13-,16-/m1/s1. The van der Waals surface area contributed by atoms with Gasteiger partial charge in [-0.3, -0.25) is 9.69 Å². The minimum Gasteiger partial charge on any atom is -0.352 e. The topological polar surface area (TPSA) is 32.3 Å². The van der Waals surface area contributed by atoms with E-state index in [2.05, 4.69) is 41.4 Å². The Balaban J connectivity index is 1.58. The van der Waals surface area contributed by atoms with Crippen LogP contribution in [-0.4, -0.2) is 23.9 Å². The molecule has 0 bridgehead atoms. The van der Waals surface area contributed by atoms with Crippen molar-refractivity contribution in [3.63, 3.8) is 0 Å². The van der Waals surface area contributed by atoms with Crippen molar-refractivity contribution in [2.45, 2.75) is 39.3 Å². The number of benzene rings is 1. The SMILES string of the molecule is C[C@@H]1C[C@H]1C(=O)NCc1ccccc1CN1CCCC1. The van der Waals surface area contributed by atoms with Gasteiger partial charge in [0.05, 0.1) is 0 Å². The molecule has 2 aliphatic rings. The summed E-state index contributed by atoms with van der Waals surface area (Å²) in [5.74, 6) is 1.07. The van der Waals surface area contributed by atoms with E-state index in [0.717, 1.165) is 13.0 Å². The van der Waals surface area contributed by atoms with Gasteiger partial charge in [-0.25, -0.2) is 0 Å². The Morgan fingerprint density at radius 1 is 1.25 bits per heavy atom. The molecule has 0 unspecified atom stereocenters. The Morgan fingerprint density at radius 3 is 2.55 bits per heavy atom. The lowest BCUT2D eigenvalue weighted by atomic mass is 10.1. The van der Waals surface area contributed by atoms with Gasteiger partial charge in [0.1, 0.15) is 0 Å². The van der Waals surface area contributed by atoms with E-state index in [1.165, 1.54) is 37.1 Å². The van der Waals surface area contributed by atoms with Gasteiger partial charge in [0, 0.05) is 19.0 Å². The molecule has 1 heterocycles. The number of amides is 1. The Hall–Kier alpha value is -1.35. The minimum atomic E-state index is 0.230. The first kappa shape index (κ1) is 13.6. The normalized spacial score (nSPS) is 25.6. The number of nitrogens with one attached hydrogen (secondary N) is 1. The Morgan fingerprint density at radius 2 is 1.90 bits per heavy atom. The summed E-state index contributed by atoms with van der Waals surface area (Å²) < 4.78 is 0. The van der Waals surface area contributed by atoms with E-state index in [1.54, 1.807) is 0 Å².